The number of nitrogens with zero attached hydrogens (tertiary/aromatic N) is 1. The summed E-state index contributed by atoms with van der Waals surface area (Å²) in [6, 6.07) is 2.62. The number of hydrogen-bond donors (Lipinski definition) is 1. The van der Waals surface area contributed by atoms with Crippen molar-refractivity contribution in [3.63, 3.8) is 0 Å². The molecule has 0 aromatic carbocycles. The quantitative estimate of drug-likeness (QED) is 0.698. The van der Waals surface area contributed by atoms with Gasteiger partial charge in [0.25, 0.3) is 0 Å². The van der Waals surface area contributed by atoms with Crippen LogP contribution in [0.4, 0.5) is 0 Å². The number of hydrogen-bond acceptors (Lipinski definition) is 1. The first kappa shape index (κ1) is 8.34. The van der Waals surface area contributed by atoms with Gasteiger partial charge in [-0.3, -0.25) is 0 Å². The highest BCUT2D eigenvalue weighted by atomic mass is 14.9. The lowest BCUT2D eigenvalue weighted by Crippen LogP contribution is -2.11. The predicted octanol–water partition coefficient (Wildman–Crippen LogP) is 1.79. The summed E-state index contributed by atoms with van der Waals surface area (Å²) in [6.07, 6.45) is 4.30. The van der Waals surface area contributed by atoms with Gasteiger partial charge in [0.15, 0.2) is 0 Å². The van der Waals surface area contributed by atoms with Gasteiger partial charge in [0.2, 0.25) is 0 Å². The highest BCUT2D eigenvalue weighted by Crippen LogP contribution is 2.11. The van der Waals surface area contributed by atoms with Crippen molar-refractivity contribution in [1.29, 1.82) is 0 Å². The highest BCUT2D eigenvalue weighted by molar-refractivity contribution is 5.14. The zero-order chi connectivity index (χ0) is 8.27. The molecule has 0 radical (unpaired) electrons. The van der Waals surface area contributed by atoms with Crippen LogP contribution in [0.1, 0.15) is 25.5 Å². The van der Waals surface area contributed by atoms with Crippen molar-refractivity contribution in [1.82, 2.24) is 9.88 Å². The van der Waals surface area contributed by atoms with Gasteiger partial charge in [-0.2, -0.15) is 0 Å². The summed E-state index contributed by atoms with van der Waals surface area (Å²) >= 11 is 0. The van der Waals surface area contributed by atoms with E-state index in [4.69, 9.17) is 0 Å². The Morgan fingerprint density at radius 3 is 2.82 bits per heavy atom. The molecule has 1 aromatic rings. The van der Waals surface area contributed by atoms with Crippen LogP contribution >= 0.6 is 0 Å². The van der Waals surface area contributed by atoms with Crippen molar-refractivity contribution in [3.8, 4) is 0 Å². The Balaban J connectivity index is 2.71. The first-order valence-corrected chi connectivity index (χ1v) is 4.11. The molecule has 1 atom stereocenters. The average molecular weight is 152 g/mol. The minimum Gasteiger partial charge on any atom is -0.354 e. The minimum atomic E-state index is 0.461. The van der Waals surface area contributed by atoms with E-state index < -0.39 is 0 Å². The van der Waals surface area contributed by atoms with Crippen LogP contribution in [-0.4, -0.2) is 11.6 Å². The third-order valence-corrected chi connectivity index (χ3v) is 2.07. The molecule has 0 unspecified atom stereocenters. The molecule has 11 heavy (non-hydrogen) atoms. The van der Waals surface area contributed by atoms with Gasteiger partial charge in [-0.05, 0) is 32.5 Å². The summed E-state index contributed by atoms with van der Waals surface area (Å²) in [4.78, 5) is 0. The molecule has 1 rings (SSSR count). The van der Waals surface area contributed by atoms with Gasteiger partial charge < -0.3 is 9.88 Å². The van der Waals surface area contributed by atoms with Crippen LogP contribution in [0.5, 0.6) is 0 Å². The summed E-state index contributed by atoms with van der Waals surface area (Å²) in [5.74, 6) is 0. The fraction of sp³-hybridized carbons (Fsp3) is 0.556. The normalized spacial score (nSPS) is 13.4. The zero-order valence-corrected chi connectivity index (χ0v) is 7.46. The van der Waals surface area contributed by atoms with E-state index in [0.29, 0.717) is 6.04 Å². The molecule has 0 aliphatic heterocycles. The highest BCUT2D eigenvalue weighted by Gasteiger charge is 2.02. The maximum absolute atomic E-state index is 3.21. The molecule has 1 N–H and O–H groups in total. The van der Waals surface area contributed by atoms with Crippen LogP contribution in [0.15, 0.2) is 18.5 Å². The molecule has 1 aromatic heterocycles. The van der Waals surface area contributed by atoms with E-state index in [0.717, 1.165) is 6.54 Å². The summed E-state index contributed by atoms with van der Waals surface area (Å²) < 4.78 is 2.18. The van der Waals surface area contributed by atoms with Crippen LogP contribution < -0.4 is 5.32 Å². The molecular weight excluding hydrogens is 136 g/mol. The molecular formula is C9H16N2. The van der Waals surface area contributed by atoms with Crippen molar-refractivity contribution in [3.05, 3.63) is 24.0 Å². The molecule has 0 aliphatic rings. The Kier molecular flexibility index (Phi) is 2.71. The van der Waals surface area contributed by atoms with Gasteiger partial charge >= 0.3 is 0 Å². The molecule has 0 bridgehead atoms. The molecule has 0 amide bonds. The topological polar surface area (TPSA) is 17.0 Å². The van der Waals surface area contributed by atoms with Gasteiger partial charge in [-0.25, -0.2) is 0 Å². The number of rotatable bonds is 3. The van der Waals surface area contributed by atoms with E-state index in [1.54, 1.807) is 0 Å². The van der Waals surface area contributed by atoms with Crippen LogP contribution in [0.3, 0.4) is 0 Å². The van der Waals surface area contributed by atoms with Crippen molar-refractivity contribution in [2.75, 3.05) is 7.05 Å². The van der Waals surface area contributed by atoms with Gasteiger partial charge in [0, 0.05) is 25.0 Å². The summed E-state index contributed by atoms with van der Waals surface area (Å²) in [6.45, 7) is 5.36. The Morgan fingerprint density at radius 2 is 2.36 bits per heavy atom. The molecule has 62 valence electrons. The van der Waals surface area contributed by atoms with Crippen LogP contribution in [-0.2, 0) is 6.54 Å². The lowest BCUT2D eigenvalue weighted by molar-refractivity contribution is 0.648. The van der Waals surface area contributed by atoms with E-state index >= 15 is 0 Å². The minimum absolute atomic E-state index is 0.461. The van der Waals surface area contributed by atoms with Gasteiger partial charge in [0.05, 0.1) is 0 Å². The van der Waals surface area contributed by atoms with Crippen LogP contribution in [0.2, 0.25) is 0 Å². The molecule has 1 heterocycles. The first-order valence-electron chi connectivity index (χ1n) is 4.11. The lowest BCUT2D eigenvalue weighted by Gasteiger charge is -2.06. The number of aromatic nitrogens is 1. The Labute approximate surface area is 68.2 Å². The molecule has 0 aliphatic carbocycles. The van der Waals surface area contributed by atoms with Crippen molar-refractivity contribution >= 4 is 0 Å². The summed E-state index contributed by atoms with van der Waals surface area (Å²) in [7, 11) is 1.98. The van der Waals surface area contributed by atoms with E-state index in [1.807, 2.05) is 7.05 Å². The SMILES string of the molecule is CCn1ccc([C@H](C)NC)c1. The Bertz CT molecular complexity index is 215. The maximum atomic E-state index is 3.21. The first-order chi connectivity index (χ1) is 5.27. The number of aryl methyl sites for hydroxylation is 1. The molecule has 2 nitrogen and oxygen atoms in total. The molecule has 0 saturated heterocycles. The third-order valence-electron chi connectivity index (χ3n) is 2.07. The Morgan fingerprint density at radius 1 is 1.64 bits per heavy atom. The predicted molar refractivity (Wildman–Crippen MR) is 47.6 cm³/mol. The Hall–Kier alpha value is -0.760. The van der Waals surface area contributed by atoms with Gasteiger partial charge in [-0.15, -0.1) is 0 Å². The van der Waals surface area contributed by atoms with Gasteiger partial charge in [0.1, 0.15) is 0 Å². The largest absolute Gasteiger partial charge is 0.354 e. The van der Waals surface area contributed by atoms with Crippen molar-refractivity contribution in [2.45, 2.75) is 26.4 Å². The average Bonchev–Trinajstić information content (AvgIpc) is 2.50. The van der Waals surface area contributed by atoms with E-state index in [-0.39, 0.29) is 0 Å². The second kappa shape index (κ2) is 3.58. The fourth-order valence-corrected chi connectivity index (χ4v) is 1.08. The van der Waals surface area contributed by atoms with Crippen molar-refractivity contribution < 1.29 is 0 Å². The second-order valence-corrected chi connectivity index (χ2v) is 2.79. The maximum Gasteiger partial charge on any atom is 0.0304 e. The summed E-state index contributed by atoms with van der Waals surface area (Å²) in [5.41, 5.74) is 1.36. The van der Waals surface area contributed by atoms with Crippen LogP contribution in [0.25, 0.3) is 0 Å². The molecule has 0 fully saturated rings. The van der Waals surface area contributed by atoms with E-state index in [2.05, 4.69) is 42.2 Å². The zero-order valence-electron chi connectivity index (χ0n) is 7.46. The fourth-order valence-electron chi connectivity index (χ4n) is 1.08. The monoisotopic (exact) mass is 152 g/mol. The van der Waals surface area contributed by atoms with E-state index in [1.165, 1.54) is 5.56 Å². The molecule has 0 spiro atoms. The van der Waals surface area contributed by atoms with Gasteiger partial charge in [-0.1, -0.05) is 0 Å². The summed E-state index contributed by atoms with van der Waals surface area (Å²) in [5, 5.41) is 3.21. The second-order valence-electron chi connectivity index (χ2n) is 2.79. The van der Waals surface area contributed by atoms with E-state index in [9.17, 15) is 0 Å². The molecule has 0 saturated carbocycles. The van der Waals surface area contributed by atoms with Crippen molar-refractivity contribution in [2.24, 2.45) is 0 Å². The lowest BCUT2D eigenvalue weighted by atomic mass is 10.2. The molecule has 2 heteroatoms. The standard InChI is InChI=1S/C9H16N2/c1-4-11-6-5-9(7-11)8(2)10-3/h5-8,10H,4H2,1-3H3/t8-/m0/s1. The third kappa shape index (κ3) is 1.84. The van der Waals surface area contributed by atoms with Crippen LogP contribution in [0, 0.1) is 0 Å². The number of nitrogens with one attached hydrogen (secondary N) is 1. The smallest absolute Gasteiger partial charge is 0.0304 e.